The predicted octanol–water partition coefficient (Wildman–Crippen LogP) is 0.191. The number of nitrogens with zero attached hydrogens (tertiary/aromatic N) is 2. The van der Waals surface area contributed by atoms with Crippen LogP contribution in [-0.4, -0.2) is 41.0 Å². The van der Waals surface area contributed by atoms with E-state index in [0.717, 1.165) is 13.1 Å². The molecule has 0 spiro atoms. The Bertz CT molecular complexity index is 183. The van der Waals surface area contributed by atoms with E-state index in [4.69, 9.17) is 5.84 Å². The van der Waals surface area contributed by atoms with Gasteiger partial charge >= 0.3 is 0 Å². The van der Waals surface area contributed by atoms with Crippen molar-refractivity contribution in [2.45, 2.75) is 39.3 Å². The summed E-state index contributed by atoms with van der Waals surface area (Å²) in [6.45, 7) is 7.50. The van der Waals surface area contributed by atoms with Crippen LogP contribution >= 0.6 is 0 Å². The maximum Gasteiger partial charge on any atom is 0.222 e. The van der Waals surface area contributed by atoms with E-state index in [1.165, 1.54) is 0 Å². The average molecular weight is 185 g/mol. The van der Waals surface area contributed by atoms with Crippen molar-refractivity contribution in [3.63, 3.8) is 0 Å². The SMILES string of the molecule is CCC(=O)N1C[C@@H](C)N(N)[C@@H](C)C1. The minimum Gasteiger partial charge on any atom is -0.339 e. The van der Waals surface area contributed by atoms with Crippen LogP contribution in [0.5, 0.6) is 0 Å². The molecular weight excluding hydrogens is 166 g/mol. The van der Waals surface area contributed by atoms with Gasteiger partial charge in [-0.15, -0.1) is 0 Å². The van der Waals surface area contributed by atoms with E-state index >= 15 is 0 Å². The van der Waals surface area contributed by atoms with Crippen LogP contribution in [0.15, 0.2) is 0 Å². The third-order valence-corrected chi connectivity index (χ3v) is 2.64. The fourth-order valence-electron chi connectivity index (χ4n) is 1.76. The highest BCUT2D eigenvalue weighted by Crippen LogP contribution is 2.12. The Morgan fingerprint density at radius 1 is 1.38 bits per heavy atom. The number of piperazine rings is 1. The van der Waals surface area contributed by atoms with Crippen molar-refractivity contribution in [2.75, 3.05) is 13.1 Å². The van der Waals surface area contributed by atoms with Gasteiger partial charge in [-0.25, -0.2) is 5.01 Å². The van der Waals surface area contributed by atoms with Gasteiger partial charge in [-0.2, -0.15) is 0 Å². The van der Waals surface area contributed by atoms with Gasteiger partial charge < -0.3 is 4.90 Å². The van der Waals surface area contributed by atoms with Gasteiger partial charge in [-0.3, -0.25) is 10.6 Å². The van der Waals surface area contributed by atoms with Crippen LogP contribution in [0.4, 0.5) is 0 Å². The molecule has 1 aliphatic rings. The Hall–Kier alpha value is -0.610. The maximum absolute atomic E-state index is 11.4. The quantitative estimate of drug-likeness (QED) is 0.593. The van der Waals surface area contributed by atoms with Gasteiger partial charge in [-0.1, -0.05) is 6.92 Å². The molecule has 1 heterocycles. The van der Waals surface area contributed by atoms with E-state index in [-0.39, 0.29) is 18.0 Å². The minimum absolute atomic E-state index is 0.229. The number of nitrogens with two attached hydrogens (primary N) is 1. The molecule has 0 aromatic heterocycles. The molecular formula is C9H19N3O. The normalized spacial score (nSPS) is 30.6. The van der Waals surface area contributed by atoms with Crippen LogP contribution in [0.1, 0.15) is 27.2 Å². The molecule has 4 heteroatoms. The molecule has 1 amide bonds. The van der Waals surface area contributed by atoms with Crippen molar-refractivity contribution in [3.8, 4) is 0 Å². The lowest BCUT2D eigenvalue weighted by molar-refractivity contribution is -0.135. The lowest BCUT2D eigenvalue weighted by Gasteiger charge is -2.41. The Balaban J connectivity index is 2.58. The summed E-state index contributed by atoms with van der Waals surface area (Å²) in [4.78, 5) is 13.3. The first-order valence-electron chi connectivity index (χ1n) is 4.87. The molecule has 4 nitrogen and oxygen atoms in total. The summed E-state index contributed by atoms with van der Waals surface area (Å²) in [7, 11) is 0. The second-order valence-corrected chi connectivity index (χ2v) is 3.80. The van der Waals surface area contributed by atoms with Crippen molar-refractivity contribution in [1.82, 2.24) is 9.91 Å². The van der Waals surface area contributed by atoms with Gasteiger partial charge in [0.15, 0.2) is 0 Å². The highest BCUT2D eigenvalue weighted by atomic mass is 16.2. The summed E-state index contributed by atoms with van der Waals surface area (Å²) in [6, 6.07) is 0.526. The third-order valence-electron chi connectivity index (χ3n) is 2.64. The average Bonchev–Trinajstić information content (AvgIpc) is 2.12. The van der Waals surface area contributed by atoms with Gasteiger partial charge in [0.25, 0.3) is 0 Å². The summed E-state index contributed by atoms with van der Waals surface area (Å²) in [5, 5.41) is 1.83. The number of amides is 1. The van der Waals surface area contributed by atoms with E-state index < -0.39 is 0 Å². The highest BCUT2D eigenvalue weighted by Gasteiger charge is 2.28. The first-order valence-corrected chi connectivity index (χ1v) is 4.87. The van der Waals surface area contributed by atoms with E-state index in [9.17, 15) is 4.79 Å². The summed E-state index contributed by atoms with van der Waals surface area (Å²) in [6.07, 6.45) is 0.587. The topological polar surface area (TPSA) is 49.6 Å². The second kappa shape index (κ2) is 4.07. The number of hydrogen-bond acceptors (Lipinski definition) is 3. The second-order valence-electron chi connectivity index (χ2n) is 3.80. The molecule has 1 saturated heterocycles. The fourth-order valence-corrected chi connectivity index (χ4v) is 1.76. The van der Waals surface area contributed by atoms with Gasteiger partial charge in [0.1, 0.15) is 0 Å². The number of carbonyl (C=O) groups is 1. The lowest BCUT2D eigenvalue weighted by Crippen LogP contribution is -2.60. The number of hydrogen-bond donors (Lipinski definition) is 1. The summed E-state index contributed by atoms with van der Waals surface area (Å²) in [5.74, 6) is 6.05. The molecule has 0 aliphatic carbocycles. The van der Waals surface area contributed by atoms with Crippen molar-refractivity contribution in [3.05, 3.63) is 0 Å². The molecule has 2 atom stereocenters. The van der Waals surface area contributed by atoms with Crippen molar-refractivity contribution in [1.29, 1.82) is 0 Å². The van der Waals surface area contributed by atoms with Gasteiger partial charge in [0, 0.05) is 31.6 Å². The Morgan fingerprint density at radius 2 is 1.85 bits per heavy atom. The molecule has 1 rings (SSSR count). The minimum atomic E-state index is 0.229. The van der Waals surface area contributed by atoms with Crippen LogP contribution in [0.2, 0.25) is 0 Å². The Labute approximate surface area is 79.6 Å². The Kier molecular flexibility index (Phi) is 3.27. The van der Waals surface area contributed by atoms with Crippen LogP contribution in [-0.2, 0) is 4.79 Å². The number of rotatable bonds is 1. The first kappa shape index (κ1) is 10.5. The summed E-state index contributed by atoms with van der Waals surface area (Å²) >= 11 is 0. The molecule has 76 valence electrons. The molecule has 0 radical (unpaired) electrons. The molecule has 0 aromatic carbocycles. The first-order chi connectivity index (χ1) is 6.06. The van der Waals surface area contributed by atoms with Crippen LogP contribution in [0, 0.1) is 0 Å². The van der Waals surface area contributed by atoms with E-state index in [2.05, 4.69) is 0 Å². The number of hydrazine groups is 1. The number of carbonyl (C=O) groups excluding carboxylic acids is 1. The van der Waals surface area contributed by atoms with Crippen molar-refractivity contribution < 1.29 is 4.79 Å². The van der Waals surface area contributed by atoms with Gasteiger partial charge in [-0.05, 0) is 13.8 Å². The van der Waals surface area contributed by atoms with Crippen LogP contribution in [0.25, 0.3) is 0 Å². The largest absolute Gasteiger partial charge is 0.339 e. The zero-order chi connectivity index (χ0) is 10.0. The third kappa shape index (κ3) is 2.19. The van der Waals surface area contributed by atoms with Gasteiger partial charge in [0.05, 0.1) is 0 Å². The molecule has 13 heavy (non-hydrogen) atoms. The summed E-state index contributed by atoms with van der Waals surface area (Å²) in [5.41, 5.74) is 0. The van der Waals surface area contributed by atoms with Crippen LogP contribution in [0.3, 0.4) is 0 Å². The molecule has 0 saturated carbocycles. The van der Waals surface area contributed by atoms with E-state index in [1.807, 2.05) is 30.7 Å². The Morgan fingerprint density at radius 3 is 2.23 bits per heavy atom. The molecule has 0 unspecified atom stereocenters. The van der Waals surface area contributed by atoms with E-state index in [1.54, 1.807) is 0 Å². The molecule has 1 aliphatic heterocycles. The standard InChI is InChI=1S/C9H19N3O/c1-4-9(13)11-5-7(2)12(10)8(3)6-11/h7-8H,4-6,10H2,1-3H3/t7-,8+. The smallest absolute Gasteiger partial charge is 0.222 e. The molecule has 0 aromatic rings. The lowest BCUT2D eigenvalue weighted by atomic mass is 10.1. The highest BCUT2D eigenvalue weighted by molar-refractivity contribution is 5.76. The molecule has 1 fully saturated rings. The maximum atomic E-state index is 11.4. The zero-order valence-corrected chi connectivity index (χ0v) is 8.66. The van der Waals surface area contributed by atoms with Gasteiger partial charge in [0.2, 0.25) is 5.91 Å². The van der Waals surface area contributed by atoms with Crippen molar-refractivity contribution >= 4 is 5.91 Å². The zero-order valence-electron chi connectivity index (χ0n) is 8.66. The molecule has 0 bridgehead atoms. The van der Waals surface area contributed by atoms with Crippen LogP contribution < -0.4 is 5.84 Å². The monoisotopic (exact) mass is 185 g/mol. The fraction of sp³-hybridized carbons (Fsp3) is 0.889. The molecule has 2 N–H and O–H groups in total. The predicted molar refractivity (Wildman–Crippen MR) is 51.8 cm³/mol. The summed E-state index contributed by atoms with van der Waals surface area (Å²) < 4.78 is 0. The van der Waals surface area contributed by atoms with Crippen molar-refractivity contribution in [2.24, 2.45) is 5.84 Å². The van der Waals surface area contributed by atoms with E-state index in [0.29, 0.717) is 6.42 Å².